The number of H-pyrrole nitrogens is 4. The fourth-order valence-electron chi connectivity index (χ4n) is 20.2. The number of anilines is 6. The first kappa shape index (κ1) is 95.4. The standard InChI is InChI=1S/C27H32FN5O4.C26H33N5O3.C24H26BrFN4O2.C24H27BrN4O2/c1-16-21(29-20-6-5-9-33(27(36)25(16)20)11-10-32-7-3-4-8-32)13-18-17-12-19(28)23(30-24(34)15-37-2)14-22(17)31-26(18)35;1-5-30(6-2)12-13-31-11-7-8-22-24(26(31)34)16(3)23(28-22)15-20-19-14-18(27-17(4)32)9-10-21(19)29-25(20)33;1-14-20(13-17-16-11-15(26)12-18(25)22(16)28-23(17)31)27-19-5-4-8-30(24(32)21(14)19)10-9-29-6-2-3-7-29;1-15-20(14-16-22-17(25)6-4-7-19(22)27-23(16)30)26-18-8-5-11-29(24(31)21(15)18)13-12-28-9-2-3-10-28/h12-14,29H,3-11,15H2,1-2H3,(H,30,34)(H,31,35);9-10,14-15,28H,5-8,11-13H2,1-4H3,(H,27,32)(H,29,33);11-13,27H,2-10H2,1H3,(H,28,31);4,6-7,14,26H,2-3,5,8-13H2,1H3,(H,27,30)/b18-13-;20-15-;17-13-;16-14-. The number of aromatic nitrogens is 4. The number of aryl methyl sites for hydroxylation is 4. The van der Waals surface area contributed by atoms with Gasteiger partial charge in [0.2, 0.25) is 11.8 Å². The number of ether oxygens (including phenoxy) is 1. The topological polar surface area (TPSA) is 341 Å². The fraction of sp³-hybridized carbons (Fsp3) is 0.426. The van der Waals surface area contributed by atoms with E-state index in [1.54, 1.807) is 30.4 Å². The zero-order valence-electron chi connectivity index (χ0n) is 77.4. The number of halogens is 4. The number of carbonyl (C=O) groups excluding carboxylic acids is 10. The van der Waals surface area contributed by atoms with E-state index in [4.69, 9.17) is 4.74 Å². The van der Waals surface area contributed by atoms with Crippen molar-refractivity contribution in [3.05, 3.63) is 194 Å². The molecule has 4 aromatic carbocycles. The summed E-state index contributed by atoms with van der Waals surface area (Å²) in [6.45, 7) is 31.5. The molecule has 33 heteroatoms. The van der Waals surface area contributed by atoms with Gasteiger partial charge in [0.25, 0.3) is 47.3 Å². The van der Waals surface area contributed by atoms with E-state index in [2.05, 4.69) is 117 Å². The Balaban J connectivity index is 0.000000130. The molecule has 134 heavy (non-hydrogen) atoms. The molecule has 11 aliphatic rings. The predicted molar refractivity (Wildman–Crippen MR) is 526 cm³/mol. The average Bonchev–Trinajstić information content (AvgIpc) is 1.62. The molecule has 3 fully saturated rings. The predicted octanol–water partition coefficient (Wildman–Crippen LogP) is 14.8. The number of hydrogen-bond acceptors (Lipinski definition) is 15. The molecule has 0 unspecified atom stereocenters. The van der Waals surface area contributed by atoms with Crippen molar-refractivity contribution in [2.45, 2.75) is 138 Å². The molecule has 0 saturated carbocycles. The monoisotopic (exact) mass is 1950 g/mol. The summed E-state index contributed by atoms with van der Waals surface area (Å²) < 4.78 is 34.9. The van der Waals surface area contributed by atoms with E-state index in [-0.39, 0.29) is 65.5 Å². The van der Waals surface area contributed by atoms with E-state index < -0.39 is 17.5 Å². The number of carbonyl (C=O) groups is 10. The normalized spacial score (nSPS) is 18.8. The summed E-state index contributed by atoms with van der Waals surface area (Å²) >= 11 is 6.89. The maximum absolute atomic E-state index is 14.8. The van der Waals surface area contributed by atoms with Crippen molar-refractivity contribution in [1.82, 2.24) is 59.1 Å². The van der Waals surface area contributed by atoms with Crippen LogP contribution < -0.4 is 31.9 Å². The lowest BCUT2D eigenvalue weighted by Gasteiger charge is -2.25. The molecule has 0 aliphatic carbocycles. The van der Waals surface area contributed by atoms with Crippen LogP contribution in [0.15, 0.2) is 69.6 Å². The molecule has 19 rings (SSSR count). The molecule has 11 aliphatic heterocycles. The van der Waals surface area contributed by atoms with Gasteiger partial charge in [0.1, 0.15) is 18.2 Å². The molecule has 10 N–H and O–H groups in total. The van der Waals surface area contributed by atoms with Crippen LogP contribution in [0.3, 0.4) is 0 Å². The number of likely N-dealkylation sites (N-methyl/N-ethyl adjacent to an activating group) is 1. The highest BCUT2D eigenvalue weighted by Gasteiger charge is 2.38. The van der Waals surface area contributed by atoms with Gasteiger partial charge >= 0.3 is 0 Å². The van der Waals surface area contributed by atoms with Gasteiger partial charge < -0.3 is 95.8 Å². The van der Waals surface area contributed by atoms with Gasteiger partial charge in [-0.15, -0.1) is 0 Å². The van der Waals surface area contributed by atoms with Gasteiger partial charge in [-0.1, -0.05) is 35.8 Å². The van der Waals surface area contributed by atoms with E-state index in [1.165, 1.54) is 76.8 Å². The third-order valence-electron chi connectivity index (χ3n) is 27.4. The van der Waals surface area contributed by atoms with Crippen LogP contribution in [0, 0.1) is 39.3 Å². The second-order valence-electron chi connectivity index (χ2n) is 36.1. The van der Waals surface area contributed by atoms with Gasteiger partial charge in [-0.25, -0.2) is 8.78 Å². The molecule has 8 aromatic rings. The molecule has 0 radical (unpaired) electrons. The highest BCUT2D eigenvalue weighted by atomic mass is 79.9. The minimum absolute atomic E-state index is 0.0175. The highest BCUT2D eigenvalue weighted by molar-refractivity contribution is 9.11. The summed E-state index contributed by atoms with van der Waals surface area (Å²) in [6, 6.07) is 16.4. The van der Waals surface area contributed by atoms with Crippen molar-refractivity contribution < 1.29 is 61.5 Å². The molecular weight excluding hydrogens is 1840 g/mol. The molecule has 15 heterocycles. The lowest BCUT2D eigenvalue weighted by Crippen LogP contribution is -2.38. The fourth-order valence-corrected chi connectivity index (χ4v) is 21.3. The van der Waals surface area contributed by atoms with Crippen LogP contribution in [-0.4, -0.2) is 263 Å². The molecular formula is C101H118Br2F2N18O11. The number of amides is 10. The lowest BCUT2D eigenvalue weighted by molar-refractivity contribution is -0.119. The number of rotatable bonds is 22. The van der Waals surface area contributed by atoms with Crippen molar-refractivity contribution in [2.75, 3.05) is 177 Å². The molecule has 0 atom stereocenters. The number of methoxy groups -OCH3 is 1. The number of fused-ring (bicyclic) bond motifs is 8. The molecule has 0 spiro atoms. The first-order valence-electron chi connectivity index (χ1n) is 47.0. The molecule has 0 bridgehead atoms. The number of nitrogens with zero attached hydrogens (tertiary/aromatic N) is 8. The number of aromatic amines is 4. The Morgan fingerprint density at radius 1 is 0.433 bits per heavy atom. The number of nitrogens with one attached hydrogen (secondary N) is 10. The summed E-state index contributed by atoms with van der Waals surface area (Å²) in [5, 5.41) is 16.6. The van der Waals surface area contributed by atoms with E-state index >= 15 is 0 Å². The molecule has 29 nitrogen and oxygen atoms in total. The van der Waals surface area contributed by atoms with Crippen LogP contribution in [0.25, 0.3) is 46.6 Å². The second-order valence-corrected chi connectivity index (χ2v) is 37.9. The summed E-state index contributed by atoms with van der Waals surface area (Å²) in [5.74, 6) is -2.48. The Bertz CT molecular complexity index is 6110. The summed E-state index contributed by atoms with van der Waals surface area (Å²) in [5.41, 5.74) is 20.4. The summed E-state index contributed by atoms with van der Waals surface area (Å²) in [6.07, 6.45) is 21.3. The Kier molecular flexibility index (Phi) is 29.9. The minimum Gasteiger partial charge on any atom is -0.375 e. The third kappa shape index (κ3) is 20.7. The maximum Gasteiger partial charge on any atom is 0.256 e. The number of benzene rings is 4. The first-order valence-corrected chi connectivity index (χ1v) is 48.6. The largest absolute Gasteiger partial charge is 0.375 e. The van der Waals surface area contributed by atoms with E-state index in [9.17, 15) is 56.7 Å². The second kappa shape index (κ2) is 42.0. The molecule has 4 aromatic heterocycles. The number of likely N-dealkylation sites (tertiary alicyclic amines) is 3. The summed E-state index contributed by atoms with van der Waals surface area (Å²) in [4.78, 5) is 159. The molecule has 10 amide bonds. The van der Waals surface area contributed by atoms with E-state index in [0.717, 1.165) is 269 Å². The smallest absolute Gasteiger partial charge is 0.256 e. The van der Waals surface area contributed by atoms with Gasteiger partial charge in [-0.3, -0.25) is 47.9 Å². The Labute approximate surface area is 795 Å². The van der Waals surface area contributed by atoms with Crippen molar-refractivity contribution in [1.29, 1.82) is 0 Å². The first-order chi connectivity index (χ1) is 64.6. The molecule has 706 valence electrons. The third-order valence-corrected chi connectivity index (χ3v) is 28.7. The van der Waals surface area contributed by atoms with Crippen LogP contribution in [0.4, 0.5) is 42.9 Å². The Morgan fingerprint density at radius 3 is 1.28 bits per heavy atom. The molecule has 3 saturated heterocycles. The summed E-state index contributed by atoms with van der Waals surface area (Å²) in [7, 11) is 1.37. The van der Waals surface area contributed by atoms with Crippen LogP contribution >= 0.6 is 31.9 Å². The van der Waals surface area contributed by atoms with Crippen LogP contribution in [0.1, 0.15) is 216 Å². The lowest BCUT2D eigenvalue weighted by atomic mass is 10.0. The maximum atomic E-state index is 14.8. The van der Waals surface area contributed by atoms with Crippen molar-refractivity contribution in [3.63, 3.8) is 0 Å². The average molecular weight is 1960 g/mol. The van der Waals surface area contributed by atoms with Crippen molar-refractivity contribution >= 4 is 172 Å². The number of hydrogen-bond donors (Lipinski definition) is 10. The zero-order chi connectivity index (χ0) is 94.4. The Morgan fingerprint density at radius 2 is 0.836 bits per heavy atom. The van der Waals surface area contributed by atoms with Gasteiger partial charge in [-0.05, 0) is 287 Å². The van der Waals surface area contributed by atoms with E-state index in [1.807, 2.05) is 77.6 Å². The quantitative estimate of drug-likeness (QED) is 0.0282. The minimum atomic E-state index is -0.659. The van der Waals surface area contributed by atoms with Crippen molar-refractivity contribution in [3.8, 4) is 0 Å². The SMILES string of the molecule is CCN(CC)CCN1CCCc2[nH]c(/C=C3\C(=O)Nc4ccc(NC(C)=O)cc43)c(C)c2C1=O.COCC(=O)Nc1cc2c(cc1F)/C(=C/c1[nH]c3c(c1C)C(=O)N(CCN1CCCC1)CCC3)C(=O)N2.Cc1c(/C=C2\C(=O)Nc3c(Br)cc(F)cc32)[nH]c2c1C(=O)N(CCN1CCCC1)CCC2.Cc1c(/C=C2\C(=O)Nc3cccc(Br)c32)[nH]c2c1C(=O)N(CCN1CCCC1)CCC2. The van der Waals surface area contributed by atoms with Gasteiger partial charge in [0.05, 0.1) is 67.3 Å². The van der Waals surface area contributed by atoms with E-state index in [0.29, 0.717) is 85.0 Å². The highest BCUT2D eigenvalue weighted by Crippen LogP contribution is 2.44. The van der Waals surface area contributed by atoms with Crippen LogP contribution in [0.5, 0.6) is 0 Å². The van der Waals surface area contributed by atoms with Crippen molar-refractivity contribution in [2.24, 2.45) is 0 Å². The van der Waals surface area contributed by atoms with Crippen LogP contribution in [-0.2, 0) is 59.2 Å². The Hall–Kier alpha value is -11.7. The van der Waals surface area contributed by atoms with Crippen LogP contribution in [0.2, 0.25) is 0 Å². The van der Waals surface area contributed by atoms with Gasteiger partial charge in [-0.2, -0.15) is 0 Å². The zero-order valence-corrected chi connectivity index (χ0v) is 80.6. The van der Waals surface area contributed by atoms with Gasteiger partial charge in [0, 0.05) is 181 Å². The van der Waals surface area contributed by atoms with Gasteiger partial charge in [0.15, 0.2) is 0 Å².